The molecule has 124 valence electrons. The molecule has 0 radical (unpaired) electrons. The summed E-state index contributed by atoms with van der Waals surface area (Å²) in [5.74, 6) is 0.529. The molecule has 0 aliphatic heterocycles. The molecule has 0 fully saturated rings. The summed E-state index contributed by atoms with van der Waals surface area (Å²) in [5, 5.41) is -0.0681. The Morgan fingerprint density at radius 1 is 0.857 bits per heavy atom. The van der Waals surface area contributed by atoms with Gasteiger partial charge in [-0.2, -0.15) is 0 Å². The van der Waals surface area contributed by atoms with Gasteiger partial charge in [0, 0.05) is 0 Å². The summed E-state index contributed by atoms with van der Waals surface area (Å²) in [6, 6.07) is 0. The second kappa shape index (κ2) is 8.63. The van der Waals surface area contributed by atoms with Crippen molar-refractivity contribution in [3.05, 3.63) is 0 Å². The van der Waals surface area contributed by atoms with Gasteiger partial charge in [0.25, 0.3) is 0 Å². The zero-order valence-electron chi connectivity index (χ0n) is 15.5. The van der Waals surface area contributed by atoms with E-state index >= 15 is 0 Å². The Morgan fingerprint density at radius 3 is 1.57 bits per heavy atom. The van der Waals surface area contributed by atoms with Gasteiger partial charge in [0.2, 0.25) is 0 Å². The maximum Gasteiger partial charge on any atom is 0.375 e. The Bertz CT molecular complexity index is 287. The van der Waals surface area contributed by atoms with Crippen molar-refractivity contribution in [1.82, 2.24) is 0 Å². The van der Waals surface area contributed by atoms with Crippen LogP contribution in [0.5, 0.6) is 0 Å². The lowest BCUT2D eigenvalue weighted by molar-refractivity contribution is 0.709. The minimum atomic E-state index is -0.860. The Hall–Kier alpha value is 0.850. The second-order valence-electron chi connectivity index (χ2n) is 8.49. The molecule has 0 aliphatic rings. The summed E-state index contributed by atoms with van der Waals surface area (Å²) >= 11 is 0. The van der Waals surface area contributed by atoms with Crippen molar-refractivity contribution < 1.29 is 8.63 Å². The van der Waals surface area contributed by atoms with E-state index in [1.807, 2.05) is 6.66 Å². The summed E-state index contributed by atoms with van der Waals surface area (Å²) in [4.78, 5) is 0. The molecule has 0 N–H and O–H groups in total. The maximum absolute atomic E-state index is 14.8. The van der Waals surface area contributed by atoms with E-state index in [-0.39, 0.29) is 10.3 Å². The number of hydrogen-bond donors (Lipinski definition) is 0. The van der Waals surface area contributed by atoms with Crippen LogP contribution in [-0.2, 0) is 0 Å². The number of rotatable bonds is 7. The van der Waals surface area contributed by atoms with E-state index in [0.717, 1.165) is 6.16 Å². The molecule has 0 amide bonds. The van der Waals surface area contributed by atoms with Crippen LogP contribution < -0.4 is 0 Å². The summed E-state index contributed by atoms with van der Waals surface area (Å²) in [6.07, 6.45) is 1.72. The fraction of sp³-hybridized carbons (Fsp3) is 1.00. The summed E-state index contributed by atoms with van der Waals surface area (Å²) in [7, 11) is -1.41. The van der Waals surface area contributed by atoms with Gasteiger partial charge in [0.1, 0.15) is 0 Å². The van der Waals surface area contributed by atoms with Gasteiger partial charge in [-0.1, -0.05) is 63.2 Å². The Labute approximate surface area is 135 Å². The third-order valence-electron chi connectivity index (χ3n) is 3.50. The first-order chi connectivity index (χ1) is 9.26. The average Bonchev–Trinajstić information content (AvgIpc) is 2.20. The largest absolute Gasteiger partial charge is 0.375 e. The normalized spacial score (nSPS) is 14.7. The van der Waals surface area contributed by atoms with Crippen LogP contribution >= 0.6 is 15.6 Å². The first-order valence-corrected chi connectivity index (χ1v) is 11.5. The van der Waals surface area contributed by atoms with Gasteiger partial charge < -0.3 is 8.63 Å². The molecular formula is C15H34B2F2P2. The molecule has 0 rings (SSSR count). The van der Waals surface area contributed by atoms with E-state index in [4.69, 9.17) is 0 Å². The zero-order valence-corrected chi connectivity index (χ0v) is 17.3. The fourth-order valence-electron chi connectivity index (χ4n) is 3.16. The maximum atomic E-state index is 14.8. The van der Waals surface area contributed by atoms with Gasteiger partial charge in [-0.05, 0) is 41.7 Å². The van der Waals surface area contributed by atoms with Gasteiger partial charge in [0.15, 0.2) is 0 Å². The molecule has 0 spiro atoms. The van der Waals surface area contributed by atoms with Crippen LogP contribution in [0, 0.1) is 5.92 Å². The van der Waals surface area contributed by atoms with Crippen LogP contribution in [0.2, 0.25) is 12.6 Å². The van der Waals surface area contributed by atoms with E-state index in [1.165, 1.54) is 0 Å². The Morgan fingerprint density at radius 2 is 1.24 bits per heavy atom. The molecule has 1 unspecified atom stereocenters. The lowest BCUT2D eigenvalue weighted by Crippen LogP contribution is -2.32. The molecule has 0 aromatic rings. The summed E-state index contributed by atoms with van der Waals surface area (Å²) in [5.41, 5.74) is 0. The predicted octanol–water partition coefficient (Wildman–Crippen LogP) is 6.75. The topological polar surface area (TPSA) is 0 Å². The monoisotopic (exact) mass is 336 g/mol. The fourth-order valence-corrected chi connectivity index (χ4v) is 9.23. The van der Waals surface area contributed by atoms with Gasteiger partial charge in [-0.25, -0.2) is 0 Å². The van der Waals surface area contributed by atoms with Crippen LogP contribution in [0.25, 0.3) is 0 Å². The summed E-state index contributed by atoms with van der Waals surface area (Å²) < 4.78 is 29.1. The highest BCUT2D eigenvalue weighted by Crippen LogP contribution is 2.62. The molecule has 0 bridgehead atoms. The zero-order chi connectivity index (χ0) is 17.0. The van der Waals surface area contributed by atoms with Crippen molar-refractivity contribution in [2.45, 2.75) is 78.3 Å². The minimum Gasteiger partial charge on any atom is -0.329 e. The highest BCUT2D eigenvalue weighted by Gasteiger charge is 2.43. The Balaban J connectivity index is 4.62. The molecule has 0 aromatic heterocycles. The third kappa shape index (κ3) is 8.31. The minimum absolute atomic E-state index is 0.0340. The van der Waals surface area contributed by atoms with Crippen LogP contribution in [-0.4, -0.2) is 36.6 Å². The smallest absolute Gasteiger partial charge is 0.329 e. The molecule has 0 saturated heterocycles. The first-order valence-electron chi connectivity index (χ1n) is 8.04. The van der Waals surface area contributed by atoms with Crippen molar-refractivity contribution in [2.24, 2.45) is 5.92 Å². The molecule has 0 nitrogen and oxygen atoms in total. The van der Waals surface area contributed by atoms with Gasteiger partial charge in [-0.3, -0.25) is 0 Å². The lowest BCUT2D eigenvalue weighted by atomic mass is 9.82. The molecule has 0 heterocycles. The first kappa shape index (κ1) is 21.8. The van der Waals surface area contributed by atoms with Crippen molar-refractivity contribution in [3.8, 4) is 0 Å². The van der Waals surface area contributed by atoms with E-state index < -0.39 is 29.0 Å². The van der Waals surface area contributed by atoms with Crippen LogP contribution in [0.3, 0.4) is 0 Å². The van der Waals surface area contributed by atoms with Gasteiger partial charge in [-0.15, -0.1) is 7.80 Å². The Kier molecular flexibility index (Phi) is 8.98. The number of halogens is 2. The lowest BCUT2D eigenvalue weighted by Gasteiger charge is -2.42. The quantitative estimate of drug-likeness (QED) is 0.356. The van der Waals surface area contributed by atoms with Crippen molar-refractivity contribution in [1.29, 1.82) is 0 Å². The molecule has 6 heteroatoms. The molecule has 0 aromatic carbocycles. The number of hydrogen-bond acceptors (Lipinski definition) is 0. The van der Waals surface area contributed by atoms with Crippen molar-refractivity contribution in [2.75, 3.05) is 12.8 Å². The van der Waals surface area contributed by atoms with E-state index in [0.29, 0.717) is 18.6 Å². The highest BCUT2D eigenvalue weighted by atomic mass is 31.1. The highest BCUT2D eigenvalue weighted by molar-refractivity contribution is 7.91. The van der Waals surface area contributed by atoms with E-state index in [9.17, 15) is 8.63 Å². The van der Waals surface area contributed by atoms with E-state index in [1.54, 1.807) is 0 Å². The van der Waals surface area contributed by atoms with Crippen molar-refractivity contribution >= 4 is 29.0 Å². The van der Waals surface area contributed by atoms with Gasteiger partial charge >= 0.3 is 13.4 Å². The molecule has 0 saturated carbocycles. The average molecular weight is 336 g/mol. The molecule has 0 aliphatic carbocycles. The third-order valence-corrected chi connectivity index (χ3v) is 9.73. The molecule has 1 atom stereocenters. The SMILES string of the molecule is CC(C)CP(C)B(F)CCB(F)P(C(C)(C)C)C(C)(C)C. The molecule has 21 heavy (non-hydrogen) atoms. The standard InChI is InChI=1S/C15H34B2F2P2/c1-13(2)12-20(9)16(18)10-11-17(19)21(14(3,4)5)15(6,7)8/h13H,10-12H2,1-9H3. The van der Waals surface area contributed by atoms with Crippen LogP contribution in [0.1, 0.15) is 55.4 Å². The van der Waals surface area contributed by atoms with E-state index in [2.05, 4.69) is 55.4 Å². The van der Waals surface area contributed by atoms with Crippen molar-refractivity contribution in [3.63, 3.8) is 0 Å². The molecular weight excluding hydrogens is 302 g/mol. The van der Waals surface area contributed by atoms with Crippen LogP contribution in [0.4, 0.5) is 8.63 Å². The van der Waals surface area contributed by atoms with Gasteiger partial charge in [0.05, 0.1) is 0 Å². The predicted molar refractivity (Wildman–Crippen MR) is 102 cm³/mol. The summed E-state index contributed by atoms with van der Waals surface area (Å²) in [6.45, 7) is 17.3. The van der Waals surface area contributed by atoms with Crippen LogP contribution in [0.15, 0.2) is 0 Å². The second-order valence-corrected chi connectivity index (χ2v) is 14.9.